The van der Waals surface area contributed by atoms with Crippen LogP contribution in [0.3, 0.4) is 0 Å². The summed E-state index contributed by atoms with van der Waals surface area (Å²) in [6.45, 7) is 1.92. The highest BCUT2D eigenvalue weighted by molar-refractivity contribution is 5.35. The molecule has 1 unspecified atom stereocenters. The molecule has 1 aromatic heterocycles. The molecule has 2 rings (SSSR count). The SMILES string of the molecule is CNC(C)c1cccnc1Oc1cccc(F)c1F. The molecule has 0 spiro atoms. The number of hydrogen-bond acceptors (Lipinski definition) is 3. The van der Waals surface area contributed by atoms with Gasteiger partial charge in [-0.05, 0) is 32.2 Å². The van der Waals surface area contributed by atoms with Gasteiger partial charge in [-0.3, -0.25) is 0 Å². The van der Waals surface area contributed by atoms with Gasteiger partial charge in [0.2, 0.25) is 11.7 Å². The molecule has 100 valence electrons. The zero-order valence-corrected chi connectivity index (χ0v) is 10.7. The van der Waals surface area contributed by atoms with Gasteiger partial charge in [0, 0.05) is 17.8 Å². The minimum atomic E-state index is -1.02. The Morgan fingerprint density at radius 3 is 2.74 bits per heavy atom. The van der Waals surface area contributed by atoms with Gasteiger partial charge in [0.15, 0.2) is 11.6 Å². The summed E-state index contributed by atoms with van der Waals surface area (Å²) in [5, 5.41) is 3.05. The van der Waals surface area contributed by atoms with Crippen molar-refractivity contribution in [2.75, 3.05) is 7.05 Å². The lowest BCUT2D eigenvalue weighted by Gasteiger charge is -2.15. The second-order valence-corrected chi connectivity index (χ2v) is 4.06. The third kappa shape index (κ3) is 2.88. The van der Waals surface area contributed by atoms with Crippen LogP contribution in [0.5, 0.6) is 11.6 Å². The summed E-state index contributed by atoms with van der Waals surface area (Å²) in [7, 11) is 1.80. The van der Waals surface area contributed by atoms with E-state index in [-0.39, 0.29) is 17.7 Å². The average molecular weight is 264 g/mol. The molecule has 0 amide bonds. The number of nitrogens with one attached hydrogen (secondary N) is 1. The van der Waals surface area contributed by atoms with Crippen molar-refractivity contribution in [3.8, 4) is 11.6 Å². The van der Waals surface area contributed by atoms with Crippen LogP contribution in [0.2, 0.25) is 0 Å². The number of pyridine rings is 1. The molecule has 0 aliphatic heterocycles. The van der Waals surface area contributed by atoms with Gasteiger partial charge in [-0.25, -0.2) is 9.37 Å². The van der Waals surface area contributed by atoms with Gasteiger partial charge in [0.25, 0.3) is 0 Å². The van der Waals surface area contributed by atoms with Crippen LogP contribution < -0.4 is 10.1 Å². The van der Waals surface area contributed by atoms with Gasteiger partial charge in [-0.1, -0.05) is 12.1 Å². The van der Waals surface area contributed by atoms with Crippen LogP contribution in [0.1, 0.15) is 18.5 Å². The summed E-state index contributed by atoms with van der Waals surface area (Å²) in [4.78, 5) is 4.06. The Morgan fingerprint density at radius 1 is 1.21 bits per heavy atom. The number of benzene rings is 1. The highest BCUT2D eigenvalue weighted by Gasteiger charge is 2.15. The predicted octanol–water partition coefficient (Wildman–Crippen LogP) is 3.43. The van der Waals surface area contributed by atoms with Gasteiger partial charge in [0.1, 0.15) is 0 Å². The topological polar surface area (TPSA) is 34.2 Å². The summed E-state index contributed by atoms with van der Waals surface area (Å²) in [5.74, 6) is -1.88. The van der Waals surface area contributed by atoms with E-state index in [1.54, 1.807) is 19.3 Å². The van der Waals surface area contributed by atoms with Crippen LogP contribution in [0, 0.1) is 11.6 Å². The first-order valence-electron chi connectivity index (χ1n) is 5.87. The largest absolute Gasteiger partial charge is 0.435 e. The zero-order valence-electron chi connectivity index (χ0n) is 10.7. The van der Waals surface area contributed by atoms with Crippen molar-refractivity contribution in [3.05, 3.63) is 53.7 Å². The van der Waals surface area contributed by atoms with E-state index in [0.717, 1.165) is 11.6 Å². The number of halogens is 2. The maximum Gasteiger partial charge on any atom is 0.224 e. The van der Waals surface area contributed by atoms with Crippen LogP contribution in [-0.4, -0.2) is 12.0 Å². The quantitative estimate of drug-likeness (QED) is 0.918. The van der Waals surface area contributed by atoms with Crippen LogP contribution >= 0.6 is 0 Å². The smallest absolute Gasteiger partial charge is 0.224 e. The third-order valence-electron chi connectivity index (χ3n) is 2.82. The van der Waals surface area contributed by atoms with Crippen LogP contribution in [-0.2, 0) is 0 Å². The predicted molar refractivity (Wildman–Crippen MR) is 68.1 cm³/mol. The number of rotatable bonds is 4. The first-order chi connectivity index (χ1) is 9.13. The van der Waals surface area contributed by atoms with E-state index in [9.17, 15) is 8.78 Å². The van der Waals surface area contributed by atoms with E-state index in [2.05, 4.69) is 10.3 Å². The first kappa shape index (κ1) is 13.4. The van der Waals surface area contributed by atoms with Crippen molar-refractivity contribution in [2.45, 2.75) is 13.0 Å². The highest BCUT2D eigenvalue weighted by atomic mass is 19.2. The molecule has 3 nitrogen and oxygen atoms in total. The molecule has 2 aromatic rings. The standard InChI is InChI=1S/C14H14F2N2O/c1-9(17-2)10-5-4-8-18-14(10)19-12-7-3-6-11(15)13(12)16/h3-9,17H,1-2H3. The van der Waals surface area contributed by atoms with E-state index in [1.807, 2.05) is 13.0 Å². The Bertz CT molecular complexity index is 575. The fourth-order valence-corrected chi connectivity index (χ4v) is 1.64. The molecule has 0 bridgehead atoms. The van der Waals surface area contributed by atoms with Crippen molar-refractivity contribution in [1.82, 2.24) is 10.3 Å². The average Bonchev–Trinajstić information content (AvgIpc) is 2.43. The normalized spacial score (nSPS) is 12.2. The summed E-state index contributed by atoms with van der Waals surface area (Å²) >= 11 is 0. The molecule has 0 saturated heterocycles. The second kappa shape index (κ2) is 5.75. The van der Waals surface area contributed by atoms with Gasteiger partial charge >= 0.3 is 0 Å². The molecule has 19 heavy (non-hydrogen) atoms. The molecule has 0 fully saturated rings. The van der Waals surface area contributed by atoms with Gasteiger partial charge in [0.05, 0.1) is 0 Å². The molecule has 1 aromatic carbocycles. The van der Waals surface area contributed by atoms with E-state index < -0.39 is 11.6 Å². The van der Waals surface area contributed by atoms with E-state index in [4.69, 9.17) is 4.74 Å². The third-order valence-corrected chi connectivity index (χ3v) is 2.82. The molecule has 1 atom stereocenters. The van der Waals surface area contributed by atoms with Gasteiger partial charge < -0.3 is 10.1 Å². The summed E-state index contributed by atoms with van der Waals surface area (Å²) < 4.78 is 32.1. The number of ether oxygens (including phenoxy) is 1. The van der Waals surface area contributed by atoms with Crippen molar-refractivity contribution in [3.63, 3.8) is 0 Å². The Kier molecular flexibility index (Phi) is 4.06. The lowest BCUT2D eigenvalue weighted by atomic mass is 10.1. The number of aromatic nitrogens is 1. The number of hydrogen-bond donors (Lipinski definition) is 1. The van der Waals surface area contributed by atoms with Gasteiger partial charge in [-0.15, -0.1) is 0 Å². The van der Waals surface area contributed by atoms with Crippen LogP contribution in [0.4, 0.5) is 8.78 Å². The summed E-state index contributed by atoms with van der Waals surface area (Å²) in [6, 6.07) is 7.36. The number of nitrogens with zero attached hydrogens (tertiary/aromatic N) is 1. The Labute approximate surface area is 110 Å². The van der Waals surface area contributed by atoms with Crippen molar-refractivity contribution in [1.29, 1.82) is 0 Å². The Balaban J connectivity index is 2.36. The van der Waals surface area contributed by atoms with E-state index in [0.29, 0.717) is 0 Å². The maximum absolute atomic E-state index is 13.6. The minimum absolute atomic E-state index is 0.0136. The van der Waals surface area contributed by atoms with Crippen LogP contribution in [0.25, 0.3) is 0 Å². The highest BCUT2D eigenvalue weighted by Crippen LogP contribution is 2.29. The molecule has 0 saturated carbocycles. The molecular weight excluding hydrogens is 250 g/mol. The molecule has 1 heterocycles. The fraction of sp³-hybridized carbons (Fsp3) is 0.214. The van der Waals surface area contributed by atoms with Crippen molar-refractivity contribution < 1.29 is 13.5 Å². The van der Waals surface area contributed by atoms with Gasteiger partial charge in [-0.2, -0.15) is 4.39 Å². The monoisotopic (exact) mass is 264 g/mol. The van der Waals surface area contributed by atoms with E-state index in [1.165, 1.54) is 12.1 Å². The van der Waals surface area contributed by atoms with E-state index >= 15 is 0 Å². The Morgan fingerprint density at radius 2 is 2.00 bits per heavy atom. The summed E-state index contributed by atoms with van der Waals surface area (Å²) in [5.41, 5.74) is 0.772. The lowest BCUT2D eigenvalue weighted by molar-refractivity contribution is 0.397. The Hall–Kier alpha value is -2.01. The van der Waals surface area contributed by atoms with Crippen molar-refractivity contribution >= 4 is 0 Å². The second-order valence-electron chi connectivity index (χ2n) is 4.06. The van der Waals surface area contributed by atoms with Crippen LogP contribution in [0.15, 0.2) is 36.5 Å². The molecule has 0 aliphatic carbocycles. The lowest BCUT2D eigenvalue weighted by Crippen LogP contribution is -2.13. The fourth-order valence-electron chi connectivity index (χ4n) is 1.64. The molecule has 5 heteroatoms. The van der Waals surface area contributed by atoms with Crippen molar-refractivity contribution in [2.24, 2.45) is 0 Å². The molecule has 0 aliphatic rings. The molecule has 0 radical (unpaired) electrons. The summed E-state index contributed by atoms with van der Waals surface area (Å²) in [6.07, 6.45) is 1.54. The maximum atomic E-state index is 13.6. The first-order valence-corrected chi connectivity index (χ1v) is 5.87. The molecular formula is C14H14F2N2O. The molecule has 1 N–H and O–H groups in total. The minimum Gasteiger partial charge on any atom is -0.435 e. The zero-order chi connectivity index (χ0) is 13.8.